The highest BCUT2D eigenvalue weighted by Crippen LogP contribution is 2.16. The molecule has 0 aromatic heterocycles. The van der Waals surface area contributed by atoms with Gasteiger partial charge in [-0.25, -0.2) is 5.48 Å². The highest BCUT2D eigenvalue weighted by Gasteiger charge is 2.26. The molecule has 210 valence electrons. The van der Waals surface area contributed by atoms with Crippen LogP contribution < -0.4 is 16.1 Å². The molecule has 1 saturated heterocycles. The Balaban J connectivity index is 0.00000168. The predicted molar refractivity (Wildman–Crippen MR) is 144 cm³/mol. The van der Waals surface area contributed by atoms with E-state index >= 15 is 0 Å². The molecule has 4 amide bonds. The fourth-order valence-corrected chi connectivity index (χ4v) is 3.79. The summed E-state index contributed by atoms with van der Waals surface area (Å²) in [5, 5.41) is 23.2. The van der Waals surface area contributed by atoms with Gasteiger partial charge in [0, 0.05) is 37.0 Å². The lowest BCUT2D eigenvalue weighted by molar-refractivity contribution is -0.137. The smallest absolute Gasteiger partial charge is 0.251 e. The van der Waals surface area contributed by atoms with Crippen molar-refractivity contribution < 1.29 is 24.4 Å². The third-order valence-corrected chi connectivity index (χ3v) is 5.89. The summed E-state index contributed by atoms with van der Waals surface area (Å²) in [4.78, 5) is 50.7. The summed E-state index contributed by atoms with van der Waals surface area (Å²) in [7, 11) is 0. The molecule has 4 N–H and O–H groups in total. The van der Waals surface area contributed by atoms with E-state index in [1.54, 1.807) is 34.6 Å². The summed E-state index contributed by atoms with van der Waals surface area (Å²) in [5.74, 6) is -0.902. The van der Waals surface area contributed by atoms with Gasteiger partial charge in [-0.3, -0.25) is 24.4 Å². The lowest BCUT2D eigenvalue weighted by Crippen LogP contribution is -2.49. The van der Waals surface area contributed by atoms with Crippen molar-refractivity contribution in [1.29, 1.82) is 5.26 Å². The van der Waals surface area contributed by atoms with Gasteiger partial charge in [0.15, 0.2) is 0 Å². The second kappa shape index (κ2) is 17.1. The van der Waals surface area contributed by atoms with Crippen LogP contribution in [0.4, 0.5) is 0 Å². The zero-order valence-electron chi connectivity index (χ0n) is 23.3. The lowest BCUT2D eigenvalue weighted by atomic mass is 9.94. The Kier molecular flexibility index (Phi) is 14.7. The number of likely N-dealkylation sites (tertiary alicyclic amines) is 1. The van der Waals surface area contributed by atoms with Crippen molar-refractivity contribution >= 4 is 23.6 Å². The molecular weight excluding hydrogens is 486 g/mol. The van der Waals surface area contributed by atoms with Gasteiger partial charge in [0.2, 0.25) is 17.7 Å². The molecule has 0 radical (unpaired) electrons. The van der Waals surface area contributed by atoms with Gasteiger partial charge in [0.25, 0.3) is 5.91 Å². The van der Waals surface area contributed by atoms with E-state index in [1.807, 2.05) is 19.9 Å². The molecule has 10 heteroatoms. The highest BCUT2D eigenvalue weighted by molar-refractivity contribution is 5.94. The number of hydroxylamine groups is 1. The summed E-state index contributed by atoms with van der Waals surface area (Å²) in [6, 6.07) is 8.33. The fraction of sp³-hybridized carbons (Fsp3) is 0.607. The molecular formula is C28H43N5O5. The van der Waals surface area contributed by atoms with Crippen molar-refractivity contribution in [3.05, 3.63) is 35.4 Å². The molecule has 1 aromatic carbocycles. The first-order valence-electron chi connectivity index (χ1n) is 13.3. The first kappa shape index (κ1) is 32.6. The fourth-order valence-electron chi connectivity index (χ4n) is 3.79. The van der Waals surface area contributed by atoms with Gasteiger partial charge in [-0.05, 0) is 55.4 Å². The number of nitriles is 1. The molecule has 1 atom stereocenters. The van der Waals surface area contributed by atoms with Gasteiger partial charge in [0.05, 0.1) is 18.2 Å². The third-order valence-electron chi connectivity index (χ3n) is 5.89. The summed E-state index contributed by atoms with van der Waals surface area (Å²) in [6.45, 7) is 11.3. The van der Waals surface area contributed by atoms with Crippen molar-refractivity contribution in [2.45, 2.75) is 72.8 Å². The van der Waals surface area contributed by atoms with Crippen LogP contribution in [0.5, 0.6) is 0 Å². The number of carbonyl (C=O) groups is 4. The number of rotatable bonds is 10. The molecule has 10 nitrogen and oxygen atoms in total. The van der Waals surface area contributed by atoms with Crippen molar-refractivity contribution in [1.82, 2.24) is 21.0 Å². The molecule has 2 rings (SSSR count). The Labute approximate surface area is 226 Å². The van der Waals surface area contributed by atoms with Crippen LogP contribution in [0.15, 0.2) is 24.3 Å². The van der Waals surface area contributed by atoms with E-state index in [0.717, 1.165) is 12.3 Å². The number of piperidine rings is 1. The standard InChI is InChI=1S/C24H33N5O5.C4H10/c1-16(2)3-6-19(13-21(30)28-34)23(32)26-15-22(31)29-11-9-20(10-12-29)27-24(33)18-7-4-17(14-25)5-8-18;1-4(2)3/h4-5,7-8,16,19-20,34H,3,6,9-13,15H2,1-2H3,(H,26,32)(H,27,33)(H,28,30);4H,1-3H3. The van der Waals surface area contributed by atoms with Crippen molar-refractivity contribution in [2.24, 2.45) is 17.8 Å². The molecule has 38 heavy (non-hydrogen) atoms. The molecule has 1 aliphatic heterocycles. The molecule has 1 aromatic rings. The van der Waals surface area contributed by atoms with Crippen LogP contribution in [0.2, 0.25) is 0 Å². The number of amides is 4. The topological polar surface area (TPSA) is 152 Å². The number of benzene rings is 1. The largest absolute Gasteiger partial charge is 0.349 e. The molecule has 1 unspecified atom stereocenters. The Hall–Kier alpha value is -3.45. The van der Waals surface area contributed by atoms with Crippen molar-refractivity contribution in [3.8, 4) is 6.07 Å². The van der Waals surface area contributed by atoms with Gasteiger partial charge in [0.1, 0.15) is 0 Å². The first-order valence-corrected chi connectivity index (χ1v) is 13.3. The van der Waals surface area contributed by atoms with Crippen LogP contribution in [-0.4, -0.2) is 59.4 Å². The molecule has 0 bridgehead atoms. The van der Waals surface area contributed by atoms with Crippen LogP contribution >= 0.6 is 0 Å². The van der Waals surface area contributed by atoms with Gasteiger partial charge >= 0.3 is 0 Å². The molecule has 1 heterocycles. The number of hydrogen-bond donors (Lipinski definition) is 4. The van der Waals surface area contributed by atoms with E-state index in [4.69, 9.17) is 10.5 Å². The van der Waals surface area contributed by atoms with Gasteiger partial charge < -0.3 is 15.5 Å². The predicted octanol–water partition coefficient (Wildman–Crippen LogP) is 3.01. The second-order valence-corrected chi connectivity index (χ2v) is 10.7. The van der Waals surface area contributed by atoms with Crippen molar-refractivity contribution in [3.63, 3.8) is 0 Å². The van der Waals surface area contributed by atoms with Gasteiger partial charge in [-0.15, -0.1) is 0 Å². The van der Waals surface area contributed by atoms with Crippen molar-refractivity contribution in [2.75, 3.05) is 19.6 Å². The number of hydrogen-bond acceptors (Lipinski definition) is 6. The minimum atomic E-state index is -0.639. The normalized spacial score (nSPS) is 14.1. The lowest BCUT2D eigenvalue weighted by Gasteiger charge is -2.32. The van der Waals surface area contributed by atoms with E-state index in [2.05, 4.69) is 31.4 Å². The maximum atomic E-state index is 12.6. The number of nitrogens with one attached hydrogen (secondary N) is 3. The minimum Gasteiger partial charge on any atom is -0.349 e. The Morgan fingerprint density at radius 2 is 1.61 bits per heavy atom. The van der Waals surface area contributed by atoms with Crippen LogP contribution in [-0.2, 0) is 14.4 Å². The molecule has 0 spiro atoms. The van der Waals surface area contributed by atoms with E-state index < -0.39 is 11.8 Å². The number of carbonyl (C=O) groups excluding carboxylic acids is 4. The van der Waals surface area contributed by atoms with E-state index in [-0.39, 0.29) is 36.7 Å². The van der Waals surface area contributed by atoms with Crippen LogP contribution in [0.25, 0.3) is 0 Å². The zero-order valence-corrected chi connectivity index (χ0v) is 23.3. The van der Waals surface area contributed by atoms with Crippen LogP contribution in [0, 0.1) is 29.1 Å². The van der Waals surface area contributed by atoms with Gasteiger partial charge in [-0.1, -0.05) is 41.0 Å². The summed E-state index contributed by atoms with van der Waals surface area (Å²) in [5.41, 5.74) is 2.51. The van der Waals surface area contributed by atoms with Gasteiger partial charge in [-0.2, -0.15) is 5.26 Å². The van der Waals surface area contributed by atoms with E-state index in [1.165, 1.54) is 0 Å². The third kappa shape index (κ3) is 12.7. The maximum Gasteiger partial charge on any atom is 0.251 e. The minimum absolute atomic E-state index is 0.0702. The van der Waals surface area contributed by atoms with E-state index in [0.29, 0.717) is 49.4 Å². The number of nitrogens with zero attached hydrogens (tertiary/aromatic N) is 2. The Morgan fingerprint density at radius 3 is 2.11 bits per heavy atom. The molecule has 0 saturated carbocycles. The SMILES string of the molecule is CC(C)C.CC(C)CCC(CC(=O)NO)C(=O)NCC(=O)N1CCC(NC(=O)c2ccc(C#N)cc2)CC1. The quantitative estimate of drug-likeness (QED) is 0.270. The van der Waals surface area contributed by atoms with Crippen LogP contribution in [0.1, 0.15) is 82.6 Å². The Morgan fingerprint density at radius 1 is 1.03 bits per heavy atom. The average Bonchev–Trinajstić information content (AvgIpc) is 2.89. The molecule has 1 fully saturated rings. The summed E-state index contributed by atoms with van der Waals surface area (Å²) >= 11 is 0. The highest BCUT2D eigenvalue weighted by atomic mass is 16.5. The summed E-state index contributed by atoms with van der Waals surface area (Å²) in [6.07, 6.45) is 2.26. The van der Waals surface area contributed by atoms with Crippen LogP contribution in [0.3, 0.4) is 0 Å². The summed E-state index contributed by atoms with van der Waals surface area (Å²) < 4.78 is 0. The monoisotopic (exact) mass is 529 g/mol. The molecule has 1 aliphatic rings. The average molecular weight is 530 g/mol. The Bertz CT molecular complexity index is 945. The molecule has 0 aliphatic carbocycles. The second-order valence-electron chi connectivity index (χ2n) is 10.7. The maximum absolute atomic E-state index is 12.6. The van der Waals surface area contributed by atoms with E-state index in [9.17, 15) is 19.2 Å². The first-order chi connectivity index (χ1) is 18.0. The zero-order chi connectivity index (χ0) is 28.7.